The zero-order chi connectivity index (χ0) is 16.6. The molecular weight excluding hydrogens is 298 g/mol. The highest BCUT2D eigenvalue weighted by Gasteiger charge is 2.37. The summed E-state index contributed by atoms with van der Waals surface area (Å²) in [4.78, 5) is 7.11. The topological polar surface area (TPSA) is 49.2 Å². The van der Waals surface area contributed by atoms with E-state index in [-0.39, 0.29) is 5.60 Å². The molecule has 0 atom stereocenters. The molecule has 0 unspecified atom stereocenters. The summed E-state index contributed by atoms with van der Waals surface area (Å²) in [6.07, 6.45) is 5.71. The fraction of sp³-hybridized carbons (Fsp3) is 0.500. The summed E-state index contributed by atoms with van der Waals surface area (Å²) < 4.78 is 6.13. The number of benzene rings is 1. The Labute approximate surface area is 143 Å². The van der Waals surface area contributed by atoms with Crippen LogP contribution in [0.2, 0.25) is 0 Å². The number of fused-ring (bicyclic) bond motifs is 1. The van der Waals surface area contributed by atoms with Crippen LogP contribution in [0.1, 0.15) is 43.2 Å². The van der Waals surface area contributed by atoms with Gasteiger partial charge >= 0.3 is 0 Å². The lowest BCUT2D eigenvalue weighted by atomic mass is 9.84. The van der Waals surface area contributed by atoms with Gasteiger partial charge in [-0.15, -0.1) is 0 Å². The Bertz CT molecular complexity index is 792. The zero-order valence-corrected chi connectivity index (χ0v) is 14.2. The van der Waals surface area contributed by atoms with Gasteiger partial charge in [0.15, 0.2) is 0 Å². The Morgan fingerprint density at radius 1 is 1.17 bits per heavy atom. The van der Waals surface area contributed by atoms with E-state index in [1.807, 2.05) is 31.2 Å². The molecule has 4 rings (SSSR count). The number of piperidine rings is 1. The summed E-state index contributed by atoms with van der Waals surface area (Å²) >= 11 is 0. The smallest absolute Gasteiger partial charge is 0.147 e. The van der Waals surface area contributed by atoms with Crippen molar-refractivity contribution in [1.29, 1.82) is 5.26 Å². The van der Waals surface area contributed by atoms with E-state index in [0.29, 0.717) is 5.56 Å². The number of nitriles is 1. The molecule has 4 nitrogen and oxygen atoms in total. The maximum atomic E-state index is 9.69. The van der Waals surface area contributed by atoms with Crippen LogP contribution in [0.25, 0.3) is 10.9 Å². The van der Waals surface area contributed by atoms with Crippen LogP contribution in [-0.2, 0) is 4.74 Å². The molecule has 0 aliphatic carbocycles. The van der Waals surface area contributed by atoms with Crippen molar-refractivity contribution in [1.82, 2.24) is 4.98 Å². The maximum Gasteiger partial charge on any atom is 0.147 e. The Morgan fingerprint density at radius 3 is 2.67 bits per heavy atom. The van der Waals surface area contributed by atoms with E-state index in [1.165, 1.54) is 19.3 Å². The molecule has 1 spiro atoms. The summed E-state index contributed by atoms with van der Waals surface area (Å²) in [5, 5.41) is 10.8. The molecule has 0 amide bonds. The van der Waals surface area contributed by atoms with Crippen molar-refractivity contribution in [2.75, 3.05) is 24.6 Å². The minimum Gasteiger partial charge on any atom is -0.375 e. The summed E-state index contributed by atoms with van der Waals surface area (Å²) in [5.74, 6) is 0.847. The van der Waals surface area contributed by atoms with E-state index in [1.54, 1.807) is 0 Å². The van der Waals surface area contributed by atoms with Crippen LogP contribution in [0.15, 0.2) is 24.3 Å². The number of nitrogens with zero attached hydrogens (tertiary/aromatic N) is 3. The highest BCUT2D eigenvalue weighted by atomic mass is 16.5. The van der Waals surface area contributed by atoms with Gasteiger partial charge in [0.2, 0.25) is 0 Å². The molecule has 2 aliphatic heterocycles. The number of ether oxygens (including phenoxy) is 1. The average molecular weight is 321 g/mol. The van der Waals surface area contributed by atoms with Gasteiger partial charge in [-0.25, -0.2) is 4.98 Å². The third-order valence-electron chi connectivity index (χ3n) is 5.65. The van der Waals surface area contributed by atoms with Crippen LogP contribution >= 0.6 is 0 Å². The van der Waals surface area contributed by atoms with Gasteiger partial charge in [0.1, 0.15) is 11.9 Å². The van der Waals surface area contributed by atoms with Gasteiger partial charge in [0.25, 0.3) is 0 Å². The molecule has 2 saturated heterocycles. The second kappa shape index (κ2) is 6.07. The molecule has 1 aromatic carbocycles. The minimum atomic E-state index is 0.0768. The molecule has 124 valence electrons. The van der Waals surface area contributed by atoms with Gasteiger partial charge in [-0.3, -0.25) is 0 Å². The van der Waals surface area contributed by atoms with E-state index in [0.717, 1.165) is 54.8 Å². The van der Waals surface area contributed by atoms with Crippen molar-refractivity contribution in [3.63, 3.8) is 0 Å². The fourth-order valence-corrected chi connectivity index (χ4v) is 4.15. The lowest BCUT2D eigenvalue weighted by Gasteiger charge is -2.44. The first-order valence-electron chi connectivity index (χ1n) is 8.91. The number of rotatable bonds is 1. The number of hydrogen-bond acceptors (Lipinski definition) is 4. The third kappa shape index (κ3) is 2.53. The molecule has 2 aliphatic rings. The molecule has 2 aromatic rings. The van der Waals surface area contributed by atoms with Gasteiger partial charge in [0.05, 0.1) is 16.7 Å². The Morgan fingerprint density at radius 2 is 1.96 bits per heavy atom. The summed E-state index contributed by atoms with van der Waals surface area (Å²) in [7, 11) is 0. The number of para-hydroxylation sites is 1. The van der Waals surface area contributed by atoms with Gasteiger partial charge in [-0.1, -0.05) is 18.2 Å². The van der Waals surface area contributed by atoms with Gasteiger partial charge in [-0.2, -0.15) is 5.26 Å². The Hall–Kier alpha value is -2.12. The quantitative estimate of drug-likeness (QED) is 0.798. The molecule has 24 heavy (non-hydrogen) atoms. The number of aromatic nitrogens is 1. The number of pyridine rings is 1. The second-order valence-corrected chi connectivity index (χ2v) is 7.04. The highest BCUT2D eigenvalue weighted by molar-refractivity contribution is 5.87. The van der Waals surface area contributed by atoms with E-state index in [2.05, 4.69) is 11.0 Å². The lowest BCUT2D eigenvalue weighted by molar-refractivity contribution is -0.0921. The first-order valence-corrected chi connectivity index (χ1v) is 8.91. The average Bonchev–Trinajstić information content (AvgIpc) is 2.63. The van der Waals surface area contributed by atoms with Gasteiger partial charge in [-0.05, 0) is 50.7 Å². The molecule has 3 heterocycles. The summed E-state index contributed by atoms with van der Waals surface area (Å²) in [6, 6.07) is 10.5. The SMILES string of the molecule is Cc1c(C#N)c(N2CCC3(CCCCO3)CC2)nc2ccccc12. The zero-order valence-electron chi connectivity index (χ0n) is 14.2. The number of aryl methyl sites for hydroxylation is 1. The largest absolute Gasteiger partial charge is 0.375 e. The van der Waals surface area contributed by atoms with E-state index in [4.69, 9.17) is 9.72 Å². The van der Waals surface area contributed by atoms with Crippen LogP contribution < -0.4 is 4.90 Å². The van der Waals surface area contributed by atoms with Crippen molar-refractivity contribution < 1.29 is 4.74 Å². The Balaban J connectivity index is 1.66. The molecule has 0 saturated carbocycles. The minimum absolute atomic E-state index is 0.0768. The molecule has 1 aromatic heterocycles. The van der Waals surface area contributed by atoms with Crippen molar-refractivity contribution in [3.05, 3.63) is 35.4 Å². The monoisotopic (exact) mass is 321 g/mol. The standard InChI is InChI=1S/C20H23N3O/c1-15-16-6-2-3-7-18(16)22-19(17(15)14-21)23-11-9-20(10-12-23)8-4-5-13-24-20/h2-3,6-7H,4-5,8-13H2,1H3. The summed E-state index contributed by atoms with van der Waals surface area (Å²) in [6.45, 7) is 4.76. The molecule has 0 radical (unpaired) electrons. The van der Waals surface area contributed by atoms with E-state index >= 15 is 0 Å². The van der Waals surface area contributed by atoms with Crippen LogP contribution in [-0.4, -0.2) is 30.3 Å². The van der Waals surface area contributed by atoms with Crippen LogP contribution in [0.5, 0.6) is 0 Å². The molecule has 0 N–H and O–H groups in total. The van der Waals surface area contributed by atoms with Crippen LogP contribution in [0.3, 0.4) is 0 Å². The first-order chi connectivity index (χ1) is 11.7. The van der Waals surface area contributed by atoms with E-state index < -0.39 is 0 Å². The Kier molecular flexibility index (Phi) is 3.90. The van der Waals surface area contributed by atoms with Crippen molar-refractivity contribution in [2.45, 2.75) is 44.6 Å². The van der Waals surface area contributed by atoms with E-state index in [9.17, 15) is 5.26 Å². The van der Waals surface area contributed by atoms with Crippen LogP contribution in [0, 0.1) is 18.3 Å². The molecule has 4 heteroatoms. The van der Waals surface area contributed by atoms with Gasteiger partial charge < -0.3 is 9.64 Å². The molecule has 2 fully saturated rings. The van der Waals surface area contributed by atoms with Gasteiger partial charge in [0, 0.05) is 25.1 Å². The van der Waals surface area contributed by atoms with Crippen molar-refractivity contribution >= 4 is 16.7 Å². The first kappa shape index (κ1) is 15.4. The predicted molar refractivity (Wildman–Crippen MR) is 95.2 cm³/mol. The lowest BCUT2D eigenvalue weighted by Crippen LogP contribution is -2.48. The normalized spacial score (nSPS) is 20.2. The summed E-state index contributed by atoms with van der Waals surface area (Å²) in [5.41, 5.74) is 2.80. The fourth-order valence-electron chi connectivity index (χ4n) is 4.15. The highest BCUT2D eigenvalue weighted by Crippen LogP contribution is 2.37. The maximum absolute atomic E-state index is 9.69. The molecular formula is C20H23N3O. The van der Waals surface area contributed by atoms with Crippen LogP contribution in [0.4, 0.5) is 5.82 Å². The second-order valence-electron chi connectivity index (χ2n) is 7.04. The number of anilines is 1. The van der Waals surface area contributed by atoms with Crippen molar-refractivity contribution in [3.8, 4) is 6.07 Å². The third-order valence-corrected chi connectivity index (χ3v) is 5.65. The predicted octanol–water partition coefficient (Wildman–Crippen LogP) is 3.95. The number of hydrogen-bond donors (Lipinski definition) is 0. The van der Waals surface area contributed by atoms with Crippen molar-refractivity contribution in [2.24, 2.45) is 0 Å². The molecule has 0 bridgehead atoms.